The molecule has 0 aliphatic heterocycles. The van der Waals surface area contributed by atoms with Gasteiger partial charge < -0.3 is 9.47 Å². The van der Waals surface area contributed by atoms with Crippen LogP contribution in [0, 0.1) is 0 Å². The van der Waals surface area contributed by atoms with E-state index in [1.165, 1.54) is 0 Å². The smallest absolute Gasteiger partial charge is 0.244 e. The van der Waals surface area contributed by atoms with E-state index >= 15 is 0 Å². The molecule has 0 aliphatic rings. The summed E-state index contributed by atoms with van der Waals surface area (Å²) < 4.78 is 12.2. The maximum Gasteiger partial charge on any atom is 0.244 e. The normalized spacial score (nSPS) is 10.7. The van der Waals surface area contributed by atoms with Crippen LogP contribution in [0.4, 0.5) is 0 Å². The van der Waals surface area contributed by atoms with Crippen molar-refractivity contribution in [2.75, 3.05) is 13.2 Å². The number of rotatable bonds is 9. The van der Waals surface area contributed by atoms with Gasteiger partial charge in [-0.2, -0.15) is 5.10 Å². The summed E-state index contributed by atoms with van der Waals surface area (Å²) in [4.78, 5) is 11.9. The van der Waals surface area contributed by atoms with Crippen molar-refractivity contribution in [3.05, 3.63) is 58.1 Å². The lowest BCUT2D eigenvalue weighted by atomic mass is 10.1. The molecule has 2 rings (SSSR count). The minimum atomic E-state index is -0.167. The topological polar surface area (TPSA) is 59.9 Å². The van der Waals surface area contributed by atoms with Gasteiger partial charge in [-0.25, -0.2) is 5.43 Å². The van der Waals surface area contributed by atoms with Crippen LogP contribution in [0.2, 0.25) is 0 Å². The second-order valence-corrected chi connectivity index (χ2v) is 6.42. The lowest BCUT2D eigenvalue weighted by molar-refractivity contribution is -0.120. The van der Waals surface area contributed by atoms with Crippen LogP contribution in [0.5, 0.6) is 11.5 Å². The Balaban J connectivity index is 2.03. The number of hydrazone groups is 1. The molecule has 2 aromatic rings. The van der Waals surface area contributed by atoms with Gasteiger partial charge in [0, 0.05) is 0 Å². The molecule has 0 radical (unpaired) electrons. The Kier molecular flexibility index (Phi) is 8.15. The molecule has 0 heterocycles. The molecule has 0 aromatic heterocycles. The fourth-order valence-electron chi connectivity index (χ4n) is 2.27. The van der Waals surface area contributed by atoms with Gasteiger partial charge in [0.15, 0.2) is 11.5 Å². The van der Waals surface area contributed by atoms with Crippen molar-refractivity contribution in [3.8, 4) is 11.5 Å². The minimum Gasteiger partial charge on any atom is -0.490 e. The first-order valence-electron chi connectivity index (χ1n) is 8.59. The number of carbonyl (C=O) groups is 1. The van der Waals surface area contributed by atoms with Crippen LogP contribution in [-0.4, -0.2) is 25.3 Å². The highest BCUT2D eigenvalue weighted by Gasteiger charge is 2.11. The first-order valence-corrected chi connectivity index (χ1v) is 9.38. The van der Waals surface area contributed by atoms with E-state index in [2.05, 4.69) is 26.5 Å². The molecule has 0 saturated carbocycles. The molecule has 0 saturated heterocycles. The second kappa shape index (κ2) is 10.6. The first-order chi connectivity index (χ1) is 12.6. The third-order valence-electron chi connectivity index (χ3n) is 3.39. The van der Waals surface area contributed by atoms with Crippen molar-refractivity contribution >= 4 is 28.1 Å². The number of benzene rings is 2. The van der Waals surface area contributed by atoms with Crippen LogP contribution in [0.15, 0.2) is 52.0 Å². The van der Waals surface area contributed by atoms with E-state index in [4.69, 9.17) is 9.47 Å². The first kappa shape index (κ1) is 20.0. The number of amides is 1. The van der Waals surface area contributed by atoms with Gasteiger partial charge in [0.05, 0.1) is 30.3 Å². The minimum absolute atomic E-state index is 0.167. The summed E-state index contributed by atoms with van der Waals surface area (Å²) in [5.41, 5.74) is 4.28. The fourth-order valence-corrected chi connectivity index (χ4v) is 2.84. The Morgan fingerprint density at radius 3 is 2.65 bits per heavy atom. The van der Waals surface area contributed by atoms with Crippen molar-refractivity contribution in [3.63, 3.8) is 0 Å². The van der Waals surface area contributed by atoms with Gasteiger partial charge in [-0.05, 0) is 52.5 Å². The quantitative estimate of drug-likeness (QED) is 0.486. The predicted octanol–water partition coefficient (Wildman–Crippen LogP) is 4.33. The van der Waals surface area contributed by atoms with E-state index < -0.39 is 0 Å². The number of hydrogen-bond donors (Lipinski definition) is 1. The highest BCUT2D eigenvalue weighted by Crippen LogP contribution is 2.36. The summed E-state index contributed by atoms with van der Waals surface area (Å²) in [5.74, 6) is 1.16. The summed E-state index contributed by atoms with van der Waals surface area (Å²) in [6.07, 6.45) is 2.78. The van der Waals surface area contributed by atoms with E-state index in [-0.39, 0.29) is 12.3 Å². The number of halogens is 1. The summed E-state index contributed by atoms with van der Waals surface area (Å²) >= 11 is 3.51. The molecule has 0 atom stereocenters. The van der Waals surface area contributed by atoms with Crippen molar-refractivity contribution in [2.24, 2.45) is 5.10 Å². The molecule has 6 heteroatoms. The molecule has 26 heavy (non-hydrogen) atoms. The monoisotopic (exact) mass is 418 g/mol. The van der Waals surface area contributed by atoms with Crippen LogP contribution in [0.3, 0.4) is 0 Å². The highest BCUT2D eigenvalue weighted by molar-refractivity contribution is 9.10. The SMILES string of the molecule is CCCOc1c(Br)cc(/C=N\NC(=O)Cc2ccccc2)cc1OCC. The van der Waals surface area contributed by atoms with Crippen molar-refractivity contribution in [1.29, 1.82) is 0 Å². The molecule has 2 aromatic carbocycles. The number of nitrogens with one attached hydrogen (secondary N) is 1. The van der Waals surface area contributed by atoms with Crippen LogP contribution in [0.25, 0.3) is 0 Å². The molecule has 1 N–H and O–H groups in total. The standard InChI is InChI=1S/C20H23BrN2O3/c1-3-10-26-20-17(21)11-16(12-18(20)25-4-2)14-22-23-19(24)13-15-8-6-5-7-9-15/h5-9,11-12,14H,3-4,10,13H2,1-2H3,(H,23,24)/b22-14-. The maximum absolute atomic E-state index is 11.9. The average Bonchev–Trinajstić information content (AvgIpc) is 2.62. The van der Waals surface area contributed by atoms with Gasteiger partial charge >= 0.3 is 0 Å². The van der Waals surface area contributed by atoms with Gasteiger partial charge in [-0.1, -0.05) is 37.3 Å². The Bertz CT molecular complexity index is 748. The van der Waals surface area contributed by atoms with E-state index in [1.807, 2.05) is 56.3 Å². The zero-order valence-corrected chi connectivity index (χ0v) is 16.6. The number of ether oxygens (including phenoxy) is 2. The largest absolute Gasteiger partial charge is 0.490 e. The number of carbonyl (C=O) groups excluding carboxylic acids is 1. The van der Waals surface area contributed by atoms with Crippen molar-refractivity contribution in [2.45, 2.75) is 26.7 Å². The molecule has 0 unspecified atom stereocenters. The van der Waals surface area contributed by atoms with E-state index in [0.29, 0.717) is 24.7 Å². The van der Waals surface area contributed by atoms with Gasteiger partial charge in [-0.3, -0.25) is 4.79 Å². The fraction of sp³-hybridized carbons (Fsp3) is 0.300. The molecule has 0 aliphatic carbocycles. The Hall–Kier alpha value is -2.34. The molecule has 1 amide bonds. The Labute approximate surface area is 162 Å². The number of nitrogens with zero attached hydrogens (tertiary/aromatic N) is 1. The molecule has 138 valence electrons. The highest BCUT2D eigenvalue weighted by atomic mass is 79.9. The summed E-state index contributed by atoms with van der Waals surface area (Å²) in [5, 5.41) is 4.03. The molecule has 0 bridgehead atoms. The summed E-state index contributed by atoms with van der Waals surface area (Å²) in [7, 11) is 0. The van der Waals surface area contributed by atoms with Gasteiger partial charge in [0.1, 0.15) is 0 Å². The van der Waals surface area contributed by atoms with Crippen molar-refractivity contribution in [1.82, 2.24) is 5.43 Å². The zero-order valence-electron chi connectivity index (χ0n) is 15.0. The third kappa shape index (κ3) is 6.19. The van der Waals surface area contributed by atoms with E-state index in [0.717, 1.165) is 22.0 Å². The lowest BCUT2D eigenvalue weighted by Crippen LogP contribution is -2.19. The van der Waals surface area contributed by atoms with Gasteiger partial charge in [0.2, 0.25) is 5.91 Å². The maximum atomic E-state index is 11.9. The summed E-state index contributed by atoms with van der Waals surface area (Å²) in [6.45, 7) is 5.11. The zero-order chi connectivity index (χ0) is 18.8. The van der Waals surface area contributed by atoms with Crippen LogP contribution < -0.4 is 14.9 Å². The van der Waals surface area contributed by atoms with Crippen LogP contribution >= 0.6 is 15.9 Å². The Morgan fingerprint density at radius 1 is 1.19 bits per heavy atom. The second-order valence-electron chi connectivity index (χ2n) is 5.57. The average molecular weight is 419 g/mol. The van der Waals surface area contributed by atoms with Crippen LogP contribution in [-0.2, 0) is 11.2 Å². The van der Waals surface area contributed by atoms with Gasteiger partial charge in [0.25, 0.3) is 0 Å². The van der Waals surface area contributed by atoms with E-state index in [9.17, 15) is 4.79 Å². The summed E-state index contributed by atoms with van der Waals surface area (Å²) in [6, 6.07) is 13.3. The molecule has 5 nitrogen and oxygen atoms in total. The van der Waals surface area contributed by atoms with Gasteiger partial charge in [-0.15, -0.1) is 0 Å². The molecular weight excluding hydrogens is 396 g/mol. The Morgan fingerprint density at radius 2 is 1.96 bits per heavy atom. The predicted molar refractivity (Wildman–Crippen MR) is 107 cm³/mol. The number of hydrogen-bond acceptors (Lipinski definition) is 4. The molecule has 0 spiro atoms. The molecule has 0 fully saturated rings. The van der Waals surface area contributed by atoms with Crippen LogP contribution in [0.1, 0.15) is 31.4 Å². The molecular formula is C20H23BrN2O3. The van der Waals surface area contributed by atoms with E-state index in [1.54, 1.807) is 6.21 Å². The third-order valence-corrected chi connectivity index (χ3v) is 3.98. The van der Waals surface area contributed by atoms with Crippen molar-refractivity contribution < 1.29 is 14.3 Å². The lowest BCUT2D eigenvalue weighted by Gasteiger charge is -2.14.